The zero-order valence-corrected chi connectivity index (χ0v) is 11.3. The molecule has 2 aromatic carbocycles. The molecule has 1 amide bonds. The van der Waals surface area contributed by atoms with E-state index in [4.69, 9.17) is 5.73 Å². The number of hydrogen-bond acceptors (Lipinski definition) is 1. The van der Waals surface area contributed by atoms with Crippen LogP contribution in [-0.4, -0.2) is 10.5 Å². The van der Waals surface area contributed by atoms with Crippen LogP contribution in [0.5, 0.6) is 0 Å². The van der Waals surface area contributed by atoms with Crippen LogP contribution in [0.3, 0.4) is 0 Å². The van der Waals surface area contributed by atoms with Crippen LogP contribution in [0, 0.1) is 6.92 Å². The van der Waals surface area contributed by atoms with Crippen molar-refractivity contribution < 1.29 is 4.79 Å². The molecule has 2 N–H and O–H groups in total. The van der Waals surface area contributed by atoms with Crippen LogP contribution in [0.1, 0.15) is 21.5 Å². The van der Waals surface area contributed by atoms with Gasteiger partial charge in [0.05, 0.1) is 5.56 Å². The van der Waals surface area contributed by atoms with E-state index in [1.807, 2.05) is 42.6 Å². The number of fused-ring (bicyclic) bond motifs is 1. The summed E-state index contributed by atoms with van der Waals surface area (Å²) in [5.74, 6) is -0.385. The lowest BCUT2D eigenvalue weighted by atomic mass is 10.1. The topological polar surface area (TPSA) is 48.0 Å². The van der Waals surface area contributed by atoms with Gasteiger partial charge in [-0.15, -0.1) is 0 Å². The molecule has 3 heteroatoms. The summed E-state index contributed by atoms with van der Waals surface area (Å²) in [4.78, 5) is 11.6. The molecule has 3 nitrogen and oxygen atoms in total. The van der Waals surface area contributed by atoms with Gasteiger partial charge in [-0.25, -0.2) is 0 Å². The Hall–Kier alpha value is -2.55. The lowest BCUT2D eigenvalue weighted by molar-refractivity contribution is 0.100. The Kier molecular flexibility index (Phi) is 3.03. The first-order valence-electron chi connectivity index (χ1n) is 6.59. The summed E-state index contributed by atoms with van der Waals surface area (Å²) < 4.78 is 2.08. The lowest BCUT2D eigenvalue weighted by Crippen LogP contribution is -2.10. The van der Waals surface area contributed by atoms with Crippen LogP contribution >= 0.6 is 0 Å². The first-order valence-corrected chi connectivity index (χ1v) is 6.59. The molecule has 0 aliphatic carbocycles. The molecule has 0 atom stereocenters. The zero-order valence-electron chi connectivity index (χ0n) is 11.3. The number of rotatable bonds is 3. The SMILES string of the molecule is Cc1ccccc1Cn1cc(C(N)=O)c2ccccc21. The van der Waals surface area contributed by atoms with E-state index in [-0.39, 0.29) is 5.91 Å². The molecule has 0 aliphatic heterocycles. The van der Waals surface area contributed by atoms with Crippen molar-refractivity contribution in [1.82, 2.24) is 4.57 Å². The van der Waals surface area contributed by atoms with Crippen LogP contribution in [0.25, 0.3) is 10.9 Å². The van der Waals surface area contributed by atoms with E-state index in [0.29, 0.717) is 5.56 Å². The van der Waals surface area contributed by atoms with Gasteiger partial charge in [-0.05, 0) is 24.1 Å². The summed E-state index contributed by atoms with van der Waals surface area (Å²) in [7, 11) is 0. The van der Waals surface area contributed by atoms with Gasteiger partial charge in [0, 0.05) is 23.6 Å². The summed E-state index contributed by atoms with van der Waals surface area (Å²) in [6.07, 6.45) is 1.85. The van der Waals surface area contributed by atoms with E-state index in [2.05, 4.69) is 23.6 Å². The molecule has 1 aromatic heterocycles. The fourth-order valence-electron chi connectivity index (χ4n) is 2.54. The number of aryl methyl sites for hydroxylation is 1. The number of nitrogens with zero attached hydrogens (tertiary/aromatic N) is 1. The lowest BCUT2D eigenvalue weighted by Gasteiger charge is -2.08. The third-order valence-corrected chi connectivity index (χ3v) is 3.66. The van der Waals surface area contributed by atoms with Gasteiger partial charge in [0.25, 0.3) is 5.91 Å². The van der Waals surface area contributed by atoms with E-state index in [1.54, 1.807) is 0 Å². The Morgan fingerprint density at radius 3 is 2.55 bits per heavy atom. The third-order valence-electron chi connectivity index (χ3n) is 3.66. The molecule has 0 unspecified atom stereocenters. The molecule has 20 heavy (non-hydrogen) atoms. The van der Waals surface area contributed by atoms with Gasteiger partial charge in [0.2, 0.25) is 0 Å². The van der Waals surface area contributed by atoms with Crippen molar-refractivity contribution in [3.8, 4) is 0 Å². The minimum absolute atomic E-state index is 0.385. The van der Waals surface area contributed by atoms with Gasteiger partial charge < -0.3 is 10.3 Å². The molecular weight excluding hydrogens is 248 g/mol. The third kappa shape index (κ3) is 2.07. The molecule has 0 bridgehead atoms. The predicted molar refractivity (Wildman–Crippen MR) is 80.7 cm³/mol. The monoisotopic (exact) mass is 264 g/mol. The number of nitrogens with two attached hydrogens (primary N) is 1. The summed E-state index contributed by atoms with van der Waals surface area (Å²) in [5, 5.41) is 0.911. The Labute approximate surface area is 117 Å². The van der Waals surface area contributed by atoms with Crippen molar-refractivity contribution in [3.05, 3.63) is 71.4 Å². The normalized spacial score (nSPS) is 10.8. The summed E-state index contributed by atoms with van der Waals surface area (Å²) in [5.41, 5.74) is 9.56. The number of carbonyl (C=O) groups is 1. The molecule has 0 spiro atoms. The molecular formula is C17H16N2O. The average Bonchev–Trinajstić information content (AvgIpc) is 2.81. The predicted octanol–water partition coefficient (Wildman–Crippen LogP) is 3.10. The highest BCUT2D eigenvalue weighted by molar-refractivity contribution is 6.06. The molecule has 0 radical (unpaired) electrons. The van der Waals surface area contributed by atoms with E-state index in [1.165, 1.54) is 11.1 Å². The fraction of sp³-hybridized carbons (Fsp3) is 0.118. The van der Waals surface area contributed by atoms with Crippen molar-refractivity contribution in [2.75, 3.05) is 0 Å². The number of aromatic nitrogens is 1. The van der Waals surface area contributed by atoms with Crippen molar-refractivity contribution >= 4 is 16.8 Å². The van der Waals surface area contributed by atoms with Gasteiger partial charge in [-0.2, -0.15) is 0 Å². The second kappa shape index (κ2) is 4.85. The van der Waals surface area contributed by atoms with E-state index < -0.39 is 0 Å². The smallest absolute Gasteiger partial charge is 0.250 e. The minimum Gasteiger partial charge on any atom is -0.366 e. The Balaban J connectivity index is 2.13. The van der Waals surface area contributed by atoms with Crippen LogP contribution in [0.15, 0.2) is 54.7 Å². The standard InChI is InChI=1S/C17H16N2O/c1-12-6-2-3-7-13(12)10-19-11-15(17(18)20)14-8-4-5-9-16(14)19/h2-9,11H,10H2,1H3,(H2,18,20). The maximum Gasteiger partial charge on any atom is 0.250 e. The Bertz CT molecular complexity index is 787. The van der Waals surface area contributed by atoms with Crippen molar-refractivity contribution in [2.45, 2.75) is 13.5 Å². The van der Waals surface area contributed by atoms with Gasteiger partial charge in [0.15, 0.2) is 0 Å². The maximum absolute atomic E-state index is 11.6. The second-order valence-electron chi connectivity index (χ2n) is 4.98. The first kappa shape index (κ1) is 12.5. The number of carbonyl (C=O) groups excluding carboxylic acids is 1. The van der Waals surface area contributed by atoms with E-state index in [0.717, 1.165) is 17.4 Å². The molecule has 0 fully saturated rings. The molecule has 100 valence electrons. The Morgan fingerprint density at radius 2 is 1.80 bits per heavy atom. The van der Waals surface area contributed by atoms with E-state index in [9.17, 15) is 4.79 Å². The van der Waals surface area contributed by atoms with Crippen LogP contribution in [0.4, 0.5) is 0 Å². The number of hydrogen-bond donors (Lipinski definition) is 1. The largest absolute Gasteiger partial charge is 0.366 e. The molecule has 0 aliphatic rings. The van der Waals surface area contributed by atoms with Crippen molar-refractivity contribution in [1.29, 1.82) is 0 Å². The van der Waals surface area contributed by atoms with Crippen molar-refractivity contribution in [3.63, 3.8) is 0 Å². The quantitative estimate of drug-likeness (QED) is 0.776. The second-order valence-corrected chi connectivity index (χ2v) is 4.98. The van der Waals surface area contributed by atoms with Crippen LogP contribution in [-0.2, 0) is 6.54 Å². The molecule has 3 aromatic rings. The number of primary amides is 1. The Morgan fingerprint density at radius 1 is 1.10 bits per heavy atom. The van der Waals surface area contributed by atoms with Crippen molar-refractivity contribution in [2.24, 2.45) is 5.73 Å². The van der Waals surface area contributed by atoms with Gasteiger partial charge in [0.1, 0.15) is 0 Å². The van der Waals surface area contributed by atoms with Gasteiger partial charge in [-0.3, -0.25) is 4.79 Å². The number of benzene rings is 2. The summed E-state index contributed by atoms with van der Waals surface area (Å²) in [6.45, 7) is 2.83. The van der Waals surface area contributed by atoms with Gasteiger partial charge in [-0.1, -0.05) is 42.5 Å². The van der Waals surface area contributed by atoms with Gasteiger partial charge >= 0.3 is 0 Å². The maximum atomic E-state index is 11.6. The minimum atomic E-state index is -0.385. The number of amides is 1. The average molecular weight is 264 g/mol. The summed E-state index contributed by atoms with van der Waals surface area (Å²) in [6, 6.07) is 16.1. The summed E-state index contributed by atoms with van der Waals surface area (Å²) >= 11 is 0. The fourth-order valence-corrected chi connectivity index (χ4v) is 2.54. The highest BCUT2D eigenvalue weighted by Crippen LogP contribution is 2.22. The number of para-hydroxylation sites is 1. The first-order chi connectivity index (χ1) is 9.66. The molecule has 0 saturated carbocycles. The molecule has 1 heterocycles. The van der Waals surface area contributed by atoms with E-state index >= 15 is 0 Å². The highest BCUT2D eigenvalue weighted by Gasteiger charge is 2.12. The zero-order chi connectivity index (χ0) is 14.1. The molecule has 0 saturated heterocycles. The van der Waals surface area contributed by atoms with Crippen LogP contribution in [0.2, 0.25) is 0 Å². The molecule has 3 rings (SSSR count). The highest BCUT2D eigenvalue weighted by atomic mass is 16.1. The van der Waals surface area contributed by atoms with Crippen LogP contribution < -0.4 is 5.73 Å².